The number of aromatic nitrogens is 6. The Morgan fingerprint density at radius 3 is 2.62 bits per heavy atom. The van der Waals surface area contributed by atoms with E-state index in [2.05, 4.69) is 31.2 Å². The molecular formula is C24H20N6O2. The van der Waals surface area contributed by atoms with Gasteiger partial charge in [-0.25, -0.2) is 9.97 Å². The zero-order chi connectivity index (χ0) is 22.0. The summed E-state index contributed by atoms with van der Waals surface area (Å²) in [5.74, 6) is 1.48. The zero-order valence-corrected chi connectivity index (χ0v) is 18.1. The summed E-state index contributed by atoms with van der Waals surface area (Å²) in [6.45, 7) is 5.88. The van der Waals surface area contributed by atoms with E-state index < -0.39 is 0 Å². The maximum absolute atomic E-state index is 5.79. The Morgan fingerprint density at radius 2 is 1.84 bits per heavy atom. The molecule has 0 saturated heterocycles. The van der Waals surface area contributed by atoms with Crippen LogP contribution in [0.25, 0.3) is 55.2 Å². The number of rotatable bonds is 3. The summed E-state index contributed by atoms with van der Waals surface area (Å²) < 4.78 is 11.2. The fourth-order valence-corrected chi connectivity index (χ4v) is 4.65. The molecule has 8 heteroatoms. The maximum Gasteiger partial charge on any atom is 0.142 e. The number of nitrogens with zero attached hydrogens (tertiary/aromatic N) is 4. The van der Waals surface area contributed by atoms with Gasteiger partial charge in [0.25, 0.3) is 0 Å². The third-order valence-electron chi connectivity index (χ3n) is 6.04. The molecule has 158 valence electrons. The first-order valence-corrected chi connectivity index (χ1v) is 10.3. The molecule has 0 fully saturated rings. The van der Waals surface area contributed by atoms with Gasteiger partial charge in [0.05, 0.1) is 29.4 Å². The van der Waals surface area contributed by atoms with E-state index in [9.17, 15) is 0 Å². The number of benzene rings is 1. The van der Waals surface area contributed by atoms with E-state index in [-0.39, 0.29) is 0 Å². The lowest BCUT2D eigenvalue weighted by Crippen LogP contribution is -1.91. The van der Waals surface area contributed by atoms with Crippen molar-refractivity contribution in [2.45, 2.75) is 20.8 Å². The topological polar surface area (TPSA) is 106 Å². The highest BCUT2D eigenvalue weighted by atomic mass is 16.5. The molecule has 0 aliphatic carbocycles. The maximum atomic E-state index is 5.79. The second kappa shape index (κ2) is 6.65. The third-order valence-corrected chi connectivity index (χ3v) is 6.04. The van der Waals surface area contributed by atoms with Gasteiger partial charge < -0.3 is 19.2 Å². The minimum atomic E-state index is 0.736. The van der Waals surface area contributed by atoms with Crippen LogP contribution in [0.4, 0.5) is 0 Å². The van der Waals surface area contributed by atoms with Crippen LogP contribution in [0, 0.1) is 20.8 Å². The lowest BCUT2D eigenvalue weighted by Gasteiger charge is -2.09. The molecule has 0 aliphatic heterocycles. The average Bonchev–Trinajstić information content (AvgIpc) is 3.44. The summed E-state index contributed by atoms with van der Waals surface area (Å²) in [6, 6.07) is 6.07. The van der Waals surface area contributed by atoms with Crippen LogP contribution in [-0.4, -0.2) is 37.2 Å². The van der Waals surface area contributed by atoms with Crippen molar-refractivity contribution in [3.8, 4) is 28.1 Å². The lowest BCUT2D eigenvalue weighted by molar-refractivity contribution is 0.393. The van der Waals surface area contributed by atoms with Gasteiger partial charge in [0, 0.05) is 51.0 Å². The number of hydrogen-bond donors (Lipinski definition) is 2. The van der Waals surface area contributed by atoms with Crippen molar-refractivity contribution in [2.24, 2.45) is 0 Å². The number of nitrogens with one attached hydrogen (secondary N) is 2. The van der Waals surface area contributed by atoms with Gasteiger partial charge in [-0.05, 0) is 39.0 Å². The SMILES string of the molecule is COc1cc2c(cc1-c1c(C)noc1C)[nH]c1ncnc(-c3c(C)[nH]c4ccncc34)c12. The van der Waals surface area contributed by atoms with E-state index in [4.69, 9.17) is 14.2 Å². The molecule has 0 unspecified atom stereocenters. The second-order valence-electron chi connectivity index (χ2n) is 7.91. The van der Waals surface area contributed by atoms with E-state index in [0.717, 1.165) is 78.1 Å². The molecular weight excluding hydrogens is 404 g/mol. The van der Waals surface area contributed by atoms with Crippen LogP contribution in [0.15, 0.2) is 41.4 Å². The van der Waals surface area contributed by atoms with Gasteiger partial charge >= 0.3 is 0 Å². The van der Waals surface area contributed by atoms with E-state index in [1.165, 1.54) is 0 Å². The number of aryl methyl sites for hydroxylation is 3. The quantitative estimate of drug-likeness (QED) is 0.402. The van der Waals surface area contributed by atoms with Gasteiger partial charge in [-0.3, -0.25) is 4.98 Å². The molecule has 5 aromatic heterocycles. The predicted molar refractivity (Wildman–Crippen MR) is 123 cm³/mol. The molecule has 0 amide bonds. The van der Waals surface area contributed by atoms with Crippen LogP contribution in [0.3, 0.4) is 0 Å². The van der Waals surface area contributed by atoms with Crippen molar-refractivity contribution >= 4 is 32.8 Å². The van der Waals surface area contributed by atoms with Crippen molar-refractivity contribution in [1.82, 2.24) is 30.1 Å². The second-order valence-corrected chi connectivity index (χ2v) is 7.91. The summed E-state index contributed by atoms with van der Waals surface area (Å²) in [6.07, 6.45) is 5.24. The van der Waals surface area contributed by atoms with Gasteiger partial charge in [0.1, 0.15) is 23.5 Å². The van der Waals surface area contributed by atoms with Gasteiger partial charge in [0.15, 0.2) is 0 Å². The number of methoxy groups -OCH3 is 1. The van der Waals surface area contributed by atoms with Gasteiger partial charge in [-0.15, -0.1) is 0 Å². The van der Waals surface area contributed by atoms with Crippen molar-refractivity contribution in [1.29, 1.82) is 0 Å². The molecule has 6 rings (SSSR count). The highest BCUT2D eigenvalue weighted by Gasteiger charge is 2.22. The highest BCUT2D eigenvalue weighted by Crippen LogP contribution is 2.42. The molecule has 0 aliphatic rings. The summed E-state index contributed by atoms with van der Waals surface area (Å²) in [5, 5.41) is 7.06. The minimum absolute atomic E-state index is 0.736. The molecule has 2 N–H and O–H groups in total. The molecule has 5 heterocycles. The summed E-state index contributed by atoms with van der Waals surface area (Å²) in [7, 11) is 1.67. The first kappa shape index (κ1) is 18.6. The Bertz CT molecular complexity index is 1640. The van der Waals surface area contributed by atoms with Gasteiger partial charge in [-0.1, -0.05) is 5.16 Å². The standard InChI is InChI=1S/C24H20N6O2/c1-11-21(16-9-25-6-5-17(16)28-11)23-22-14-8-19(31-4)15(20-12(2)30-32-13(20)3)7-18(14)29-24(22)27-10-26-23/h5-10,28H,1-4H3,(H,26,27,29). The van der Waals surface area contributed by atoms with Crippen molar-refractivity contribution in [3.63, 3.8) is 0 Å². The molecule has 8 nitrogen and oxygen atoms in total. The molecule has 1 aromatic carbocycles. The monoisotopic (exact) mass is 424 g/mol. The number of H-pyrrole nitrogens is 2. The predicted octanol–water partition coefficient (Wildman–Crippen LogP) is 5.24. The van der Waals surface area contributed by atoms with Crippen LogP contribution in [0.5, 0.6) is 5.75 Å². The van der Waals surface area contributed by atoms with Crippen LogP contribution >= 0.6 is 0 Å². The third kappa shape index (κ3) is 2.49. The molecule has 0 radical (unpaired) electrons. The van der Waals surface area contributed by atoms with E-state index >= 15 is 0 Å². The molecule has 0 atom stereocenters. The largest absolute Gasteiger partial charge is 0.496 e. The Hall–Kier alpha value is -4.20. The minimum Gasteiger partial charge on any atom is -0.496 e. The first-order valence-electron chi connectivity index (χ1n) is 10.3. The molecule has 0 spiro atoms. The molecule has 0 saturated carbocycles. The van der Waals surface area contributed by atoms with Crippen molar-refractivity contribution in [3.05, 3.63) is 54.1 Å². The smallest absolute Gasteiger partial charge is 0.142 e. The summed E-state index contributed by atoms with van der Waals surface area (Å²) >= 11 is 0. The van der Waals surface area contributed by atoms with Crippen molar-refractivity contribution < 1.29 is 9.26 Å². The Labute approximate surface area is 182 Å². The lowest BCUT2D eigenvalue weighted by atomic mass is 9.99. The number of ether oxygens (including phenoxy) is 1. The van der Waals surface area contributed by atoms with Crippen molar-refractivity contribution in [2.75, 3.05) is 7.11 Å². The van der Waals surface area contributed by atoms with E-state index in [1.54, 1.807) is 19.6 Å². The average molecular weight is 424 g/mol. The molecule has 6 aromatic rings. The number of pyridine rings is 1. The normalized spacial score (nSPS) is 11.8. The fraction of sp³-hybridized carbons (Fsp3) is 0.167. The first-order chi connectivity index (χ1) is 15.6. The molecule has 0 bridgehead atoms. The number of aromatic amines is 2. The van der Waals surface area contributed by atoms with Crippen LogP contribution in [0.1, 0.15) is 17.1 Å². The van der Waals surface area contributed by atoms with E-state index in [1.807, 2.05) is 39.1 Å². The highest BCUT2D eigenvalue weighted by molar-refractivity contribution is 6.16. The van der Waals surface area contributed by atoms with E-state index in [0.29, 0.717) is 0 Å². The number of fused-ring (bicyclic) bond motifs is 4. The van der Waals surface area contributed by atoms with Gasteiger partial charge in [-0.2, -0.15) is 0 Å². The number of hydrogen-bond acceptors (Lipinski definition) is 6. The summed E-state index contributed by atoms with van der Waals surface area (Å²) in [4.78, 5) is 20.4. The Balaban J connectivity index is 1.70. The molecule has 32 heavy (non-hydrogen) atoms. The van der Waals surface area contributed by atoms with Crippen LogP contribution < -0.4 is 4.74 Å². The van der Waals surface area contributed by atoms with Crippen LogP contribution in [0.2, 0.25) is 0 Å². The van der Waals surface area contributed by atoms with Gasteiger partial charge in [0.2, 0.25) is 0 Å². The zero-order valence-electron chi connectivity index (χ0n) is 18.1. The van der Waals surface area contributed by atoms with Crippen LogP contribution in [-0.2, 0) is 0 Å². The Morgan fingerprint density at radius 1 is 0.969 bits per heavy atom. The Kier molecular flexibility index (Phi) is 3.86. The fourth-order valence-electron chi connectivity index (χ4n) is 4.65. The summed E-state index contributed by atoms with van der Waals surface area (Å²) in [5.41, 5.74) is 8.31.